The molecule has 4 rings (SSSR count). The second-order valence-corrected chi connectivity index (χ2v) is 7.32. The Morgan fingerprint density at radius 3 is 2.68 bits per heavy atom. The number of benzene rings is 1. The Labute approximate surface area is 149 Å². The maximum absolute atomic E-state index is 12.6. The highest BCUT2D eigenvalue weighted by molar-refractivity contribution is 6.35. The Bertz CT molecular complexity index is 868. The molecule has 25 heavy (non-hydrogen) atoms. The van der Waals surface area contributed by atoms with Crippen molar-refractivity contribution in [3.05, 3.63) is 28.9 Å². The molecule has 2 fully saturated rings. The highest BCUT2D eigenvalue weighted by Gasteiger charge is 2.60. The molecule has 0 bridgehead atoms. The fourth-order valence-corrected chi connectivity index (χ4v) is 4.38. The van der Waals surface area contributed by atoms with Crippen molar-refractivity contribution in [3.63, 3.8) is 0 Å². The number of fused-ring (bicyclic) bond motifs is 2. The van der Waals surface area contributed by atoms with Crippen molar-refractivity contribution in [1.29, 1.82) is 0 Å². The predicted molar refractivity (Wildman–Crippen MR) is 92.3 cm³/mol. The minimum atomic E-state index is -0.906. The predicted octanol–water partition coefficient (Wildman–Crippen LogP) is 2.26. The van der Waals surface area contributed by atoms with Crippen LogP contribution in [0.25, 0.3) is 10.9 Å². The van der Waals surface area contributed by atoms with Gasteiger partial charge in [-0.2, -0.15) is 5.10 Å². The molecule has 1 saturated heterocycles. The van der Waals surface area contributed by atoms with E-state index in [-0.39, 0.29) is 29.7 Å². The maximum Gasteiger partial charge on any atom is 0.407 e. The summed E-state index contributed by atoms with van der Waals surface area (Å²) in [6.07, 6.45) is -0.906. The molecule has 1 aliphatic heterocycles. The van der Waals surface area contributed by atoms with Crippen LogP contribution >= 0.6 is 11.6 Å². The zero-order valence-electron chi connectivity index (χ0n) is 13.9. The number of halogens is 1. The van der Waals surface area contributed by atoms with Gasteiger partial charge in [0.2, 0.25) is 5.91 Å². The first-order chi connectivity index (χ1) is 11.9. The topological polar surface area (TPSA) is 87.5 Å². The number of rotatable bonds is 3. The summed E-state index contributed by atoms with van der Waals surface area (Å²) in [4.78, 5) is 24.9. The van der Waals surface area contributed by atoms with E-state index >= 15 is 0 Å². The maximum atomic E-state index is 12.6. The van der Waals surface area contributed by atoms with Gasteiger partial charge in [-0.15, -0.1) is 0 Å². The average Bonchev–Trinajstić information content (AvgIpc) is 2.90. The number of nitrogens with zero attached hydrogens (tertiary/aromatic N) is 3. The summed E-state index contributed by atoms with van der Waals surface area (Å²) in [5.41, 5.74) is 1.63. The molecule has 2 N–H and O–H groups in total. The Balaban J connectivity index is 1.47. The molecule has 132 valence electrons. The standard InChI is InChI=1S/C17H19ClN4O3/c1-8(14-9-4-3-5-12(18)15(9)21(2)20-14)19-16(23)13-10-6-22(17(24)25)7-11(10)13/h3-5,8,10-11,13H,6-7H2,1-2H3,(H,19,23)(H,24,25)/t8?,10-,11+,13?. The molecule has 1 aliphatic carbocycles. The quantitative estimate of drug-likeness (QED) is 0.876. The largest absolute Gasteiger partial charge is 0.465 e. The normalized spacial score (nSPS) is 25.7. The minimum absolute atomic E-state index is 0.0200. The summed E-state index contributed by atoms with van der Waals surface area (Å²) >= 11 is 6.25. The van der Waals surface area contributed by atoms with E-state index in [2.05, 4.69) is 10.4 Å². The summed E-state index contributed by atoms with van der Waals surface area (Å²) in [5.74, 6) is 0.196. The summed E-state index contributed by atoms with van der Waals surface area (Å²) < 4.78 is 1.73. The van der Waals surface area contributed by atoms with Crippen LogP contribution in [0.15, 0.2) is 18.2 Å². The number of carbonyl (C=O) groups excluding carboxylic acids is 1. The molecule has 2 heterocycles. The highest BCUT2D eigenvalue weighted by Crippen LogP contribution is 2.52. The number of hydrogen-bond acceptors (Lipinski definition) is 3. The minimum Gasteiger partial charge on any atom is -0.465 e. The lowest BCUT2D eigenvalue weighted by Gasteiger charge is -2.17. The van der Waals surface area contributed by atoms with E-state index in [0.717, 1.165) is 16.6 Å². The van der Waals surface area contributed by atoms with Crippen molar-refractivity contribution in [2.75, 3.05) is 13.1 Å². The van der Waals surface area contributed by atoms with Gasteiger partial charge in [0.15, 0.2) is 0 Å². The molecule has 1 aromatic heterocycles. The monoisotopic (exact) mass is 362 g/mol. The van der Waals surface area contributed by atoms with E-state index < -0.39 is 6.09 Å². The van der Waals surface area contributed by atoms with Gasteiger partial charge in [0, 0.05) is 31.4 Å². The van der Waals surface area contributed by atoms with E-state index in [4.69, 9.17) is 16.7 Å². The van der Waals surface area contributed by atoms with Crippen LogP contribution < -0.4 is 5.32 Å². The van der Waals surface area contributed by atoms with Crippen molar-refractivity contribution in [1.82, 2.24) is 20.0 Å². The first-order valence-corrected chi connectivity index (χ1v) is 8.65. The van der Waals surface area contributed by atoms with E-state index in [1.54, 1.807) is 4.68 Å². The van der Waals surface area contributed by atoms with Gasteiger partial charge in [-0.05, 0) is 24.8 Å². The van der Waals surface area contributed by atoms with Crippen LogP contribution in [0, 0.1) is 17.8 Å². The Kier molecular flexibility index (Phi) is 3.64. The summed E-state index contributed by atoms with van der Waals surface area (Å²) in [5, 5.41) is 18.1. The number of hydrogen-bond donors (Lipinski definition) is 2. The number of carbonyl (C=O) groups is 2. The molecule has 0 spiro atoms. The number of nitrogens with one attached hydrogen (secondary N) is 1. The van der Waals surface area contributed by atoms with Crippen LogP contribution in [0.3, 0.4) is 0 Å². The molecule has 7 nitrogen and oxygen atoms in total. The zero-order valence-corrected chi connectivity index (χ0v) is 14.7. The Hall–Kier alpha value is -2.28. The van der Waals surface area contributed by atoms with Crippen LogP contribution in [-0.4, -0.2) is 44.9 Å². The summed E-state index contributed by atoms with van der Waals surface area (Å²) in [6, 6.07) is 5.39. The third kappa shape index (κ3) is 2.54. The van der Waals surface area contributed by atoms with Gasteiger partial charge in [-0.25, -0.2) is 4.79 Å². The fraction of sp³-hybridized carbons (Fsp3) is 0.471. The number of carboxylic acid groups (broad SMARTS) is 1. The fourth-order valence-electron chi connectivity index (χ4n) is 4.09. The van der Waals surface area contributed by atoms with Crippen LogP contribution in [0.5, 0.6) is 0 Å². The first-order valence-electron chi connectivity index (χ1n) is 8.28. The number of para-hydroxylation sites is 1. The molecule has 2 unspecified atom stereocenters. The lowest BCUT2D eigenvalue weighted by Crippen LogP contribution is -2.35. The lowest BCUT2D eigenvalue weighted by atomic mass is 10.1. The molecule has 8 heteroatoms. The highest BCUT2D eigenvalue weighted by atomic mass is 35.5. The molecule has 1 aromatic carbocycles. The van der Waals surface area contributed by atoms with Gasteiger partial charge in [-0.3, -0.25) is 9.48 Å². The number of aryl methyl sites for hydroxylation is 1. The van der Waals surface area contributed by atoms with E-state index in [9.17, 15) is 9.59 Å². The molecular weight excluding hydrogens is 344 g/mol. The molecule has 2 aliphatic rings. The van der Waals surface area contributed by atoms with E-state index in [1.165, 1.54) is 4.90 Å². The number of aromatic nitrogens is 2. The number of likely N-dealkylation sites (tertiary alicyclic amines) is 1. The van der Waals surface area contributed by atoms with Gasteiger partial charge in [0.1, 0.15) is 0 Å². The third-order valence-electron chi connectivity index (χ3n) is 5.38. The molecule has 2 aromatic rings. The van der Waals surface area contributed by atoms with Gasteiger partial charge < -0.3 is 15.3 Å². The van der Waals surface area contributed by atoms with Crippen molar-refractivity contribution in [2.24, 2.45) is 24.8 Å². The summed E-state index contributed by atoms with van der Waals surface area (Å²) in [7, 11) is 1.83. The average molecular weight is 363 g/mol. The second-order valence-electron chi connectivity index (χ2n) is 6.92. The van der Waals surface area contributed by atoms with Gasteiger partial charge >= 0.3 is 6.09 Å². The smallest absolute Gasteiger partial charge is 0.407 e. The van der Waals surface area contributed by atoms with Crippen molar-refractivity contribution in [3.8, 4) is 0 Å². The van der Waals surface area contributed by atoms with Gasteiger partial charge in [0.05, 0.1) is 22.3 Å². The van der Waals surface area contributed by atoms with Crippen LogP contribution in [0.2, 0.25) is 5.02 Å². The SMILES string of the molecule is CC(NC(=O)C1[C@H]2CN(C(=O)O)C[C@@H]12)c1nn(C)c2c(Cl)cccc12. The van der Waals surface area contributed by atoms with E-state index in [0.29, 0.717) is 18.1 Å². The molecule has 1 saturated carbocycles. The Morgan fingerprint density at radius 2 is 2.04 bits per heavy atom. The van der Waals surface area contributed by atoms with Crippen molar-refractivity contribution >= 4 is 34.5 Å². The Morgan fingerprint density at radius 1 is 1.36 bits per heavy atom. The molecule has 0 radical (unpaired) electrons. The van der Waals surface area contributed by atoms with Crippen LogP contribution in [0.4, 0.5) is 4.79 Å². The molecular formula is C17H19ClN4O3. The van der Waals surface area contributed by atoms with Crippen molar-refractivity contribution < 1.29 is 14.7 Å². The van der Waals surface area contributed by atoms with Gasteiger partial charge in [-0.1, -0.05) is 23.7 Å². The number of amides is 2. The first kappa shape index (κ1) is 16.2. The van der Waals surface area contributed by atoms with Gasteiger partial charge in [0.25, 0.3) is 0 Å². The van der Waals surface area contributed by atoms with Crippen molar-refractivity contribution in [2.45, 2.75) is 13.0 Å². The second kappa shape index (κ2) is 5.62. The van der Waals surface area contributed by atoms with Crippen LogP contribution in [-0.2, 0) is 11.8 Å². The molecule has 4 atom stereocenters. The lowest BCUT2D eigenvalue weighted by molar-refractivity contribution is -0.123. The third-order valence-corrected chi connectivity index (χ3v) is 5.69. The van der Waals surface area contributed by atoms with E-state index in [1.807, 2.05) is 32.2 Å². The molecule has 2 amide bonds. The zero-order chi connectivity index (χ0) is 17.9. The summed E-state index contributed by atoms with van der Waals surface area (Å²) in [6.45, 7) is 2.81. The number of piperidine rings is 1. The van der Waals surface area contributed by atoms with Crippen LogP contribution in [0.1, 0.15) is 18.7 Å².